The van der Waals surface area contributed by atoms with Crippen LogP contribution in [-0.4, -0.2) is 11.1 Å². The number of hydrogen-bond acceptors (Lipinski definition) is 3. The van der Waals surface area contributed by atoms with Crippen molar-refractivity contribution in [2.24, 2.45) is 0 Å². The van der Waals surface area contributed by atoms with Gasteiger partial charge >= 0.3 is 5.97 Å². The fraction of sp³-hybridized carbons (Fsp3) is 0.133. The van der Waals surface area contributed by atoms with Crippen molar-refractivity contribution < 1.29 is 14.3 Å². The highest BCUT2D eigenvalue weighted by Crippen LogP contribution is 2.27. The molecule has 0 heterocycles. The zero-order valence-corrected chi connectivity index (χ0v) is 11.2. The van der Waals surface area contributed by atoms with Gasteiger partial charge in [0.05, 0.1) is 5.56 Å². The first-order valence-corrected chi connectivity index (χ1v) is 6.05. The van der Waals surface area contributed by atoms with Gasteiger partial charge in [-0.05, 0) is 55.3 Å². The van der Waals surface area contributed by atoms with E-state index in [0.717, 1.165) is 5.56 Å². The van der Waals surface area contributed by atoms with Gasteiger partial charge in [-0.15, -0.1) is 0 Å². The molecule has 0 aliphatic rings. The van der Waals surface area contributed by atoms with Crippen LogP contribution in [0.15, 0.2) is 30.3 Å². The van der Waals surface area contributed by atoms with E-state index in [2.05, 4.69) is 5.32 Å². The van der Waals surface area contributed by atoms with E-state index in [1.54, 1.807) is 26.0 Å². The number of anilines is 3. The Morgan fingerprint density at radius 1 is 1.20 bits per heavy atom. The van der Waals surface area contributed by atoms with Crippen LogP contribution in [-0.2, 0) is 0 Å². The second-order valence-corrected chi connectivity index (χ2v) is 4.64. The molecule has 0 amide bonds. The predicted molar refractivity (Wildman–Crippen MR) is 77.0 cm³/mol. The van der Waals surface area contributed by atoms with Gasteiger partial charge in [-0.3, -0.25) is 0 Å². The first kappa shape index (κ1) is 13.9. The van der Waals surface area contributed by atoms with Crippen molar-refractivity contribution in [3.8, 4) is 0 Å². The lowest BCUT2D eigenvalue weighted by Gasteiger charge is -2.13. The molecule has 2 aromatic rings. The van der Waals surface area contributed by atoms with E-state index in [-0.39, 0.29) is 17.1 Å². The van der Waals surface area contributed by atoms with Gasteiger partial charge < -0.3 is 16.2 Å². The van der Waals surface area contributed by atoms with Gasteiger partial charge in [-0.1, -0.05) is 0 Å². The van der Waals surface area contributed by atoms with Crippen molar-refractivity contribution in [2.75, 3.05) is 11.1 Å². The van der Waals surface area contributed by atoms with Gasteiger partial charge in [0, 0.05) is 17.1 Å². The van der Waals surface area contributed by atoms with Crippen molar-refractivity contribution in [3.63, 3.8) is 0 Å². The number of nitrogens with two attached hydrogens (primary N) is 1. The molecule has 0 radical (unpaired) electrons. The minimum absolute atomic E-state index is 0.0484. The van der Waals surface area contributed by atoms with E-state index in [0.29, 0.717) is 16.9 Å². The molecule has 2 aromatic carbocycles. The topological polar surface area (TPSA) is 75.3 Å². The van der Waals surface area contributed by atoms with E-state index < -0.39 is 5.97 Å². The largest absolute Gasteiger partial charge is 0.478 e. The van der Waals surface area contributed by atoms with Crippen molar-refractivity contribution in [3.05, 3.63) is 52.8 Å². The summed E-state index contributed by atoms with van der Waals surface area (Å²) in [6.07, 6.45) is 0. The molecule has 0 fully saturated rings. The molecule has 0 spiro atoms. The number of halogens is 1. The molecule has 0 bridgehead atoms. The summed E-state index contributed by atoms with van der Waals surface area (Å²) < 4.78 is 13.1. The zero-order valence-electron chi connectivity index (χ0n) is 11.2. The molecule has 0 saturated heterocycles. The van der Waals surface area contributed by atoms with Crippen molar-refractivity contribution >= 4 is 23.0 Å². The van der Waals surface area contributed by atoms with E-state index in [1.165, 1.54) is 18.2 Å². The number of rotatable bonds is 3. The Morgan fingerprint density at radius 2 is 1.90 bits per heavy atom. The van der Waals surface area contributed by atoms with Crippen molar-refractivity contribution in [2.45, 2.75) is 13.8 Å². The van der Waals surface area contributed by atoms with Crippen LogP contribution in [0.3, 0.4) is 0 Å². The Bertz CT molecular complexity index is 684. The molecule has 4 nitrogen and oxygen atoms in total. The highest BCUT2D eigenvalue weighted by atomic mass is 19.1. The normalized spacial score (nSPS) is 10.3. The third-order valence-corrected chi connectivity index (χ3v) is 3.08. The predicted octanol–water partition coefficient (Wildman–Crippen LogP) is 3.47. The van der Waals surface area contributed by atoms with E-state index >= 15 is 0 Å². The lowest BCUT2D eigenvalue weighted by molar-refractivity contribution is 0.0698. The molecule has 0 aromatic heterocycles. The quantitative estimate of drug-likeness (QED) is 0.749. The molecule has 104 valence electrons. The molecule has 5 heteroatoms. The molecule has 0 atom stereocenters. The van der Waals surface area contributed by atoms with Gasteiger partial charge in [0.25, 0.3) is 0 Å². The molecule has 0 saturated carbocycles. The van der Waals surface area contributed by atoms with E-state index in [4.69, 9.17) is 10.8 Å². The summed E-state index contributed by atoms with van der Waals surface area (Å²) in [6.45, 7) is 3.51. The van der Waals surface area contributed by atoms with Crippen molar-refractivity contribution in [1.29, 1.82) is 0 Å². The molecule has 0 unspecified atom stereocenters. The Labute approximate surface area is 116 Å². The number of hydrogen-bond donors (Lipinski definition) is 3. The molecule has 0 aliphatic carbocycles. The lowest BCUT2D eigenvalue weighted by atomic mass is 10.1. The van der Waals surface area contributed by atoms with Gasteiger partial charge in [-0.2, -0.15) is 0 Å². The van der Waals surface area contributed by atoms with Crippen LogP contribution < -0.4 is 11.1 Å². The van der Waals surface area contributed by atoms with E-state index in [1.807, 2.05) is 0 Å². The number of nitrogens with one attached hydrogen (secondary N) is 1. The van der Waals surface area contributed by atoms with Crippen LogP contribution in [0.5, 0.6) is 0 Å². The lowest BCUT2D eigenvalue weighted by Crippen LogP contribution is -2.06. The van der Waals surface area contributed by atoms with Crippen LogP contribution in [0.4, 0.5) is 21.5 Å². The molecular formula is C15H15FN2O2. The van der Waals surface area contributed by atoms with Crippen LogP contribution >= 0.6 is 0 Å². The Balaban J connectivity index is 2.41. The third-order valence-electron chi connectivity index (χ3n) is 3.08. The maximum atomic E-state index is 13.1. The summed E-state index contributed by atoms with van der Waals surface area (Å²) in [6, 6.07) is 7.58. The van der Waals surface area contributed by atoms with Crippen LogP contribution in [0, 0.1) is 19.7 Å². The molecule has 2 rings (SSSR count). The number of carboxylic acids is 1. The summed E-state index contributed by atoms with van der Waals surface area (Å²) >= 11 is 0. The fourth-order valence-electron chi connectivity index (χ4n) is 1.97. The minimum atomic E-state index is -1.08. The Hall–Kier alpha value is -2.56. The second-order valence-electron chi connectivity index (χ2n) is 4.64. The highest BCUT2D eigenvalue weighted by Gasteiger charge is 2.12. The number of aryl methyl sites for hydroxylation is 2. The number of carbonyl (C=O) groups is 1. The molecular weight excluding hydrogens is 259 g/mol. The standard InChI is InChI=1S/C15H15FN2O2/c1-8-5-10(16)3-4-13(8)18-11-6-9(2)14(17)12(7-11)15(19)20/h3-7,18H,17H2,1-2H3,(H,19,20). The molecule has 0 aliphatic heterocycles. The maximum Gasteiger partial charge on any atom is 0.337 e. The third kappa shape index (κ3) is 2.71. The number of nitrogen functional groups attached to an aromatic ring is 1. The number of carboxylic acid groups (broad SMARTS) is 1. The van der Waals surface area contributed by atoms with Gasteiger partial charge in [0.2, 0.25) is 0 Å². The second kappa shape index (κ2) is 5.21. The Kier molecular flexibility index (Phi) is 3.61. The Morgan fingerprint density at radius 3 is 2.50 bits per heavy atom. The summed E-state index contributed by atoms with van der Waals surface area (Å²) in [5.74, 6) is -1.39. The van der Waals surface area contributed by atoms with Gasteiger partial charge in [-0.25, -0.2) is 9.18 Å². The summed E-state index contributed by atoms with van der Waals surface area (Å²) in [5, 5.41) is 12.2. The zero-order chi connectivity index (χ0) is 14.9. The number of benzene rings is 2. The average molecular weight is 274 g/mol. The molecule has 4 N–H and O–H groups in total. The SMILES string of the molecule is Cc1cc(F)ccc1Nc1cc(C)c(N)c(C(=O)O)c1. The molecule has 20 heavy (non-hydrogen) atoms. The van der Waals surface area contributed by atoms with Crippen LogP contribution in [0.2, 0.25) is 0 Å². The smallest absolute Gasteiger partial charge is 0.337 e. The summed E-state index contributed by atoms with van der Waals surface area (Å²) in [5.41, 5.74) is 8.76. The maximum absolute atomic E-state index is 13.1. The van der Waals surface area contributed by atoms with Crippen molar-refractivity contribution in [1.82, 2.24) is 0 Å². The van der Waals surface area contributed by atoms with Crippen LogP contribution in [0.25, 0.3) is 0 Å². The average Bonchev–Trinajstić information content (AvgIpc) is 2.36. The van der Waals surface area contributed by atoms with Gasteiger partial charge in [0.15, 0.2) is 0 Å². The van der Waals surface area contributed by atoms with Crippen LogP contribution in [0.1, 0.15) is 21.5 Å². The van der Waals surface area contributed by atoms with E-state index in [9.17, 15) is 9.18 Å². The summed E-state index contributed by atoms with van der Waals surface area (Å²) in [4.78, 5) is 11.1. The minimum Gasteiger partial charge on any atom is -0.478 e. The highest BCUT2D eigenvalue weighted by molar-refractivity contribution is 5.96. The first-order valence-electron chi connectivity index (χ1n) is 6.05. The summed E-state index contributed by atoms with van der Waals surface area (Å²) in [7, 11) is 0. The van der Waals surface area contributed by atoms with Gasteiger partial charge in [0.1, 0.15) is 5.82 Å². The first-order chi connectivity index (χ1) is 9.38. The fourth-order valence-corrected chi connectivity index (χ4v) is 1.97. The monoisotopic (exact) mass is 274 g/mol. The number of aromatic carboxylic acids is 1.